The lowest BCUT2D eigenvalue weighted by Gasteiger charge is -2.00. The summed E-state index contributed by atoms with van der Waals surface area (Å²) in [5, 5.41) is 12.5. The van der Waals surface area contributed by atoms with E-state index in [1.165, 1.54) is 0 Å². The van der Waals surface area contributed by atoms with Gasteiger partial charge in [-0.15, -0.1) is 10.2 Å². The minimum absolute atomic E-state index is 0.371. The Hall–Kier alpha value is -3.41. The van der Waals surface area contributed by atoms with Crippen LogP contribution in [0.25, 0.3) is 34.2 Å². The van der Waals surface area contributed by atoms with Crippen LogP contribution < -0.4 is 4.74 Å². The number of aromatic nitrogens is 3. The maximum atomic E-state index is 5.88. The molecule has 0 aliphatic heterocycles. The Morgan fingerprint density at radius 1 is 0.880 bits per heavy atom. The van der Waals surface area contributed by atoms with Crippen LogP contribution in [0.5, 0.6) is 5.75 Å². The molecule has 0 amide bonds. The van der Waals surface area contributed by atoms with E-state index in [1.807, 2.05) is 61.5 Å². The second-order valence-corrected chi connectivity index (χ2v) is 5.47. The Morgan fingerprint density at radius 2 is 1.64 bits per heavy atom. The van der Waals surface area contributed by atoms with Crippen molar-refractivity contribution < 1.29 is 13.7 Å². The van der Waals surface area contributed by atoms with Crippen LogP contribution in [-0.4, -0.2) is 22.5 Å². The molecule has 0 spiro atoms. The minimum Gasteiger partial charge on any atom is -0.497 e. The van der Waals surface area contributed by atoms with Gasteiger partial charge in [-0.05, 0) is 25.1 Å². The summed E-state index contributed by atoms with van der Waals surface area (Å²) in [6.45, 7) is 1.82. The maximum absolute atomic E-state index is 5.88. The normalized spacial score (nSPS) is 10.8. The Labute approximate surface area is 144 Å². The molecule has 0 aliphatic carbocycles. The van der Waals surface area contributed by atoms with Gasteiger partial charge in [0.15, 0.2) is 0 Å². The molecule has 6 nitrogen and oxygen atoms in total. The summed E-state index contributed by atoms with van der Waals surface area (Å²) in [5.74, 6) is 2.13. The predicted molar refractivity (Wildman–Crippen MR) is 92.0 cm³/mol. The molecule has 0 unspecified atom stereocenters. The molecule has 2 heterocycles. The van der Waals surface area contributed by atoms with Crippen LogP contribution in [0.1, 0.15) is 5.76 Å². The molecule has 0 saturated heterocycles. The molecule has 4 rings (SSSR count). The molecule has 4 aromatic rings. The molecule has 2 aromatic carbocycles. The van der Waals surface area contributed by atoms with E-state index in [0.717, 1.165) is 16.9 Å². The van der Waals surface area contributed by atoms with E-state index in [1.54, 1.807) is 7.11 Å². The van der Waals surface area contributed by atoms with Gasteiger partial charge in [-0.1, -0.05) is 41.6 Å². The number of ether oxygens (including phenoxy) is 1. The van der Waals surface area contributed by atoms with Crippen molar-refractivity contribution in [3.63, 3.8) is 0 Å². The largest absolute Gasteiger partial charge is 0.497 e. The van der Waals surface area contributed by atoms with Crippen LogP contribution in [-0.2, 0) is 0 Å². The van der Waals surface area contributed by atoms with Gasteiger partial charge in [0.1, 0.15) is 22.8 Å². The summed E-state index contributed by atoms with van der Waals surface area (Å²) in [7, 11) is 1.62. The van der Waals surface area contributed by atoms with Crippen molar-refractivity contribution in [3.8, 4) is 39.9 Å². The Bertz CT molecular complexity index is 1010. The molecular weight excluding hydrogens is 318 g/mol. The average molecular weight is 333 g/mol. The minimum atomic E-state index is 0.371. The fourth-order valence-corrected chi connectivity index (χ4v) is 2.61. The molecule has 0 bridgehead atoms. The van der Waals surface area contributed by atoms with Gasteiger partial charge in [0.25, 0.3) is 5.89 Å². The van der Waals surface area contributed by atoms with E-state index in [-0.39, 0.29) is 0 Å². The number of aryl methyl sites for hydroxylation is 1. The Kier molecular flexibility index (Phi) is 3.78. The highest BCUT2D eigenvalue weighted by atomic mass is 16.5. The fourth-order valence-electron chi connectivity index (χ4n) is 2.61. The van der Waals surface area contributed by atoms with Crippen molar-refractivity contribution in [2.24, 2.45) is 0 Å². The molecular formula is C19H15N3O3. The molecule has 25 heavy (non-hydrogen) atoms. The SMILES string of the molecule is COc1cccc(-c2nnc(-c3c(-c4ccccc4)noc3C)o2)c1. The van der Waals surface area contributed by atoms with Crippen LogP contribution in [0.4, 0.5) is 0 Å². The summed E-state index contributed by atoms with van der Waals surface area (Å²) in [5.41, 5.74) is 3.09. The van der Waals surface area contributed by atoms with Crippen molar-refractivity contribution in [1.29, 1.82) is 0 Å². The van der Waals surface area contributed by atoms with Crippen molar-refractivity contribution in [3.05, 3.63) is 60.4 Å². The van der Waals surface area contributed by atoms with Gasteiger partial charge in [0.05, 0.1) is 7.11 Å². The Balaban J connectivity index is 1.77. The van der Waals surface area contributed by atoms with E-state index in [0.29, 0.717) is 28.8 Å². The smallest absolute Gasteiger partial charge is 0.254 e. The number of hydrogen-bond donors (Lipinski definition) is 0. The first-order valence-electron chi connectivity index (χ1n) is 7.76. The molecule has 0 atom stereocenters. The van der Waals surface area contributed by atoms with Crippen molar-refractivity contribution >= 4 is 0 Å². The zero-order valence-corrected chi connectivity index (χ0v) is 13.8. The number of hydrogen-bond acceptors (Lipinski definition) is 6. The van der Waals surface area contributed by atoms with Crippen molar-refractivity contribution in [2.75, 3.05) is 7.11 Å². The Morgan fingerprint density at radius 3 is 2.44 bits per heavy atom. The van der Waals surface area contributed by atoms with E-state index >= 15 is 0 Å². The maximum Gasteiger partial charge on any atom is 0.254 e. The van der Waals surface area contributed by atoms with Crippen molar-refractivity contribution in [1.82, 2.24) is 15.4 Å². The lowest BCUT2D eigenvalue weighted by Crippen LogP contribution is -1.84. The van der Waals surface area contributed by atoms with Gasteiger partial charge < -0.3 is 13.7 Å². The first kappa shape index (κ1) is 15.1. The van der Waals surface area contributed by atoms with Crippen LogP contribution in [0, 0.1) is 6.92 Å². The average Bonchev–Trinajstić information content (AvgIpc) is 3.29. The molecule has 0 fully saturated rings. The summed E-state index contributed by atoms with van der Waals surface area (Å²) < 4.78 is 16.5. The molecule has 2 aromatic heterocycles. The predicted octanol–water partition coefficient (Wildman–Crippen LogP) is 4.38. The topological polar surface area (TPSA) is 74.2 Å². The first-order valence-corrected chi connectivity index (χ1v) is 7.76. The van der Waals surface area contributed by atoms with Gasteiger partial charge in [0, 0.05) is 11.1 Å². The van der Waals surface area contributed by atoms with Crippen LogP contribution >= 0.6 is 0 Å². The van der Waals surface area contributed by atoms with Crippen LogP contribution in [0.3, 0.4) is 0 Å². The first-order chi connectivity index (χ1) is 12.3. The molecule has 0 N–H and O–H groups in total. The van der Waals surface area contributed by atoms with Gasteiger partial charge in [-0.2, -0.15) is 0 Å². The number of nitrogens with zero attached hydrogens (tertiary/aromatic N) is 3. The monoisotopic (exact) mass is 333 g/mol. The number of methoxy groups -OCH3 is 1. The molecule has 0 aliphatic rings. The summed E-state index contributed by atoms with van der Waals surface area (Å²) in [4.78, 5) is 0. The second kappa shape index (κ2) is 6.24. The summed E-state index contributed by atoms with van der Waals surface area (Å²) >= 11 is 0. The zero-order valence-electron chi connectivity index (χ0n) is 13.8. The molecule has 6 heteroatoms. The zero-order chi connectivity index (χ0) is 17.2. The third-order valence-corrected chi connectivity index (χ3v) is 3.87. The number of benzene rings is 2. The lowest BCUT2D eigenvalue weighted by atomic mass is 10.1. The van der Waals surface area contributed by atoms with Gasteiger partial charge in [-0.3, -0.25) is 0 Å². The highest BCUT2D eigenvalue weighted by Crippen LogP contribution is 2.34. The highest BCUT2D eigenvalue weighted by molar-refractivity contribution is 5.78. The summed E-state index contributed by atoms with van der Waals surface area (Å²) in [6, 6.07) is 17.2. The fraction of sp³-hybridized carbons (Fsp3) is 0.105. The van der Waals surface area contributed by atoms with Gasteiger partial charge in [0.2, 0.25) is 5.89 Å². The van der Waals surface area contributed by atoms with Crippen molar-refractivity contribution in [2.45, 2.75) is 6.92 Å². The van der Waals surface area contributed by atoms with E-state index in [9.17, 15) is 0 Å². The molecule has 124 valence electrons. The standard InChI is InChI=1S/C19H15N3O3/c1-12-16(17(22-25-12)13-7-4-3-5-8-13)19-21-20-18(24-19)14-9-6-10-15(11-14)23-2/h3-11H,1-2H3. The van der Waals surface area contributed by atoms with E-state index in [2.05, 4.69) is 15.4 Å². The third kappa shape index (κ3) is 2.78. The van der Waals surface area contributed by atoms with Gasteiger partial charge in [-0.25, -0.2) is 0 Å². The van der Waals surface area contributed by atoms with Crippen LogP contribution in [0.15, 0.2) is 63.5 Å². The van der Waals surface area contributed by atoms with E-state index < -0.39 is 0 Å². The van der Waals surface area contributed by atoms with E-state index in [4.69, 9.17) is 13.7 Å². The number of rotatable bonds is 4. The lowest BCUT2D eigenvalue weighted by molar-refractivity contribution is 0.399. The molecule has 0 saturated carbocycles. The van der Waals surface area contributed by atoms with Gasteiger partial charge >= 0.3 is 0 Å². The third-order valence-electron chi connectivity index (χ3n) is 3.87. The highest BCUT2D eigenvalue weighted by Gasteiger charge is 2.22. The van der Waals surface area contributed by atoms with Crippen LogP contribution in [0.2, 0.25) is 0 Å². The summed E-state index contributed by atoms with van der Waals surface area (Å²) in [6.07, 6.45) is 0. The second-order valence-electron chi connectivity index (χ2n) is 5.47. The molecule has 0 radical (unpaired) electrons. The quantitative estimate of drug-likeness (QED) is 0.552.